The van der Waals surface area contributed by atoms with Crippen molar-refractivity contribution in [2.24, 2.45) is 0 Å². The highest BCUT2D eigenvalue weighted by Crippen LogP contribution is 2.48. The van der Waals surface area contributed by atoms with E-state index in [0.717, 1.165) is 35.4 Å². The molecule has 4 heterocycles. The lowest BCUT2D eigenvalue weighted by Gasteiger charge is -2.34. The van der Waals surface area contributed by atoms with Gasteiger partial charge >= 0.3 is 24.1 Å². The zero-order valence-corrected chi connectivity index (χ0v) is 34.5. The van der Waals surface area contributed by atoms with Crippen LogP contribution in [0.5, 0.6) is 11.5 Å². The fourth-order valence-electron chi connectivity index (χ4n) is 7.84. The number of alkyl carbamates (subject to hydrolysis) is 1. The summed E-state index contributed by atoms with van der Waals surface area (Å²) in [5.41, 5.74) is -1.95. The van der Waals surface area contributed by atoms with Crippen LogP contribution in [0, 0.1) is 11.6 Å². The molecule has 18 heteroatoms. The summed E-state index contributed by atoms with van der Waals surface area (Å²) < 4.78 is 66.5. The Morgan fingerprint density at radius 3 is 2.48 bits per heavy atom. The second kappa shape index (κ2) is 16.4. The molecule has 328 valence electrons. The van der Waals surface area contributed by atoms with Crippen molar-refractivity contribution in [1.82, 2.24) is 9.88 Å². The van der Waals surface area contributed by atoms with E-state index in [9.17, 15) is 29.1 Å². The molecule has 62 heavy (non-hydrogen) atoms. The quantitative estimate of drug-likeness (QED) is 0.134. The largest absolute Gasteiger partial charge is 0.487 e. The second-order valence-electron chi connectivity index (χ2n) is 17.0. The average molecular weight is 861 g/mol. The van der Waals surface area contributed by atoms with Crippen LogP contribution in [0.25, 0.3) is 10.9 Å². The van der Waals surface area contributed by atoms with Crippen LogP contribution in [-0.4, -0.2) is 96.1 Å². The maximum Gasteiger partial charge on any atom is 0.414 e. The zero-order chi connectivity index (χ0) is 44.1. The second-order valence-corrected chi connectivity index (χ2v) is 17.0. The smallest absolute Gasteiger partial charge is 0.414 e. The van der Waals surface area contributed by atoms with Crippen LogP contribution >= 0.6 is 0 Å². The Labute approximate surface area is 354 Å². The lowest BCUT2D eigenvalue weighted by molar-refractivity contribution is -0.148. The van der Waals surface area contributed by atoms with Crippen LogP contribution in [0.2, 0.25) is 0 Å². The Hall–Kier alpha value is -6.43. The number of esters is 2. The minimum absolute atomic E-state index is 0.0297. The monoisotopic (exact) mass is 860 g/mol. The molecule has 0 spiro atoms. The summed E-state index contributed by atoms with van der Waals surface area (Å²) in [5.74, 6) is -3.29. The predicted octanol–water partition coefficient (Wildman–Crippen LogP) is 5.53. The molecule has 0 bridgehead atoms. The molecule has 3 aliphatic heterocycles. The van der Waals surface area contributed by atoms with E-state index in [-0.39, 0.29) is 85.8 Å². The highest BCUT2D eigenvalue weighted by molar-refractivity contribution is 5.98. The minimum Gasteiger partial charge on any atom is -0.487 e. The van der Waals surface area contributed by atoms with E-state index in [2.05, 4.69) is 5.32 Å². The van der Waals surface area contributed by atoms with E-state index in [1.165, 1.54) is 25.3 Å². The lowest BCUT2D eigenvalue weighted by atomic mass is 10.0. The average Bonchev–Trinajstić information content (AvgIpc) is 3.91. The van der Waals surface area contributed by atoms with Crippen molar-refractivity contribution >= 4 is 46.4 Å². The number of rotatable bonds is 12. The van der Waals surface area contributed by atoms with Crippen LogP contribution in [0.3, 0.4) is 0 Å². The van der Waals surface area contributed by atoms with E-state index in [0.29, 0.717) is 5.52 Å². The topological polar surface area (TPSA) is 184 Å². The number of benzene rings is 3. The van der Waals surface area contributed by atoms with Crippen molar-refractivity contribution in [3.63, 3.8) is 0 Å². The SMILES string of the molecule is C[C@@H](NC(=O)OC(C)(C)C)C(=O)OC[C@H]1CN(c2ccc(OC[C@]3(O)C[C@H]4COc5c(c(F)cc6c(=O)c(C(=O)OCc7ccccc7)cn(C7CC7)c56)N4C3)c(F)c2)C(=O)O1. The molecule has 1 aromatic heterocycles. The number of hydrogen-bond acceptors (Lipinski definition) is 13. The van der Waals surface area contributed by atoms with Gasteiger partial charge in [0.15, 0.2) is 29.2 Å². The number of anilines is 2. The number of halogens is 2. The molecule has 4 aliphatic rings. The van der Waals surface area contributed by atoms with Gasteiger partial charge in [0.05, 0.1) is 35.7 Å². The van der Waals surface area contributed by atoms with Crippen LogP contribution in [0.15, 0.2) is 65.6 Å². The van der Waals surface area contributed by atoms with E-state index in [1.54, 1.807) is 54.5 Å². The van der Waals surface area contributed by atoms with Crippen molar-refractivity contribution in [2.45, 2.75) is 89.0 Å². The van der Waals surface area contributed by atoms with Gasteiger partial charge in [-0.1, -0.05) is 30.3 Å². The third kappa shape index (κ3) is 8.82. The van der Waals surface area contributed by atoms with Crippen LogP contribution in [-0.2, 0) is 30.3 Å². The summed E-state index contributed by atoms with van der Waals surface area (Å²) in [7, 11) is 0. The van der Waals surface area contributed by atoms with Crippen LogP contribution in [0.1, 0.15) is 68.9 Å². The summed E-state index contributed by atoms with van der Waals surface area (Å²) in [6.07, 6.45) is 0.630. The molecule has 16 nitrogen and oxygen atoms in total. The molecule has 4 atom stereocenters. The molecule has 2 saturated heterocycles. The molecule has 3 aromatic carbocycles. The molecule has 8 rings (SSSR count). The summed E-state index contributed by atoms with van der Waals surface area (Å²) in [6, 6.07) is 12.3. The number of carbonyl (C=O) groups is 4. The maximum atomic E-state index is 16.2. The number of carbonyl (C=O) groups excluding carboxylic acids is 4. The highest BCUT2D eigenvalue weighted by Gasteiger charge is 2.48. The molecule has 4 aromatic rings. The number of cyclic esters (lactones) is 1. The van der Waals surface area contributed by atoms with Gasteiger partial charge in [0.1, 0.15) is 54.9 Å². The molecular formula is C44H46F2N4O12. The predicted molar refractivity (Wildman–Crippen MR) is 217 cm³/mol. The first-order chi connectivity index (χ1) is 29.5. The van der Waals surface area contributed by atoms with Gasteiger partial charge in [-0.3, -0.25) is 9.69 Å². The van der Waals surface area contributed by atoms with Gasteiger partial charge in [0.25, 0.3) is 0 Å². The lowest BCUT2D eigenvalue weighted by Crippen LogP contribution is -2.43. The van der Waals surface area contributed by atoms with Gasteiger partial charge in [-0.05, 0) is 64.3 Å². The van der Waals surface area contributed by atoms with Crippen molar-refractivity contribution < 1.29 is 61.5 Å². The van der Waals surface area contributed by atoms with E-state index < -0.39 is 70.6 Å². The minimum atomic E-state index is -1.58. The summed E-state index contributed by atoms with van der Waals surface area (Å²) in [4.78, 5) is 66.9. The molecular weight excluding hydrogens is 814 g/mol. The molecule has 3 fully saturated rings. The molecule has 2 amide bonds. The number of nitrogens with zero attached hydrogens (tertiary/aromatic N) is 3. The number of aromatic nitrogens is 1. The number of amides is 2. The summed E-state index contributed by atoms with van der Waals surface area (Å²) in [5, 5.41) is 14.1. The molecule has 1 saturated carbocycles. The summed E-state index contributed by atoms with van der Waals surface area (Å²) in [6.45, 7) is 5.60. The van der Waals surface area contributed by atoms with Crippen molar-refractivity contribution in [3.8, 4) is 11.5 Å². The van der Waals surface area contributed by atoms with Gasteiger partial charge in [-0.2, -0.15) is 0 Å². The van der Waals surface area contributed by atoms with Crippen molar-refractivity contribution in [2.75, 3.05) is 42.7 Å². The third-order valence-electron chi connectivity index (χ3n) is 10.9. The fourth-order valence-corrected chi connectivity index (χ4v) is 7.84. The Morgan fingerprint density at radius 2 is 1.77 bits per heavy atom. The zero-order valence-electron chi connectivity index (χ0n) is 34.5. The van der Waals surface area contributed by atoms with Crippen molar-refractivity contribution in [3.05, 3.63) is 93.8 Å². The molecule has 0 radical (unpaired) electrons. The number of hydrogen-bond donors (Lipinski definition) is 2. The normalized spacial score (nSPS) is 21.0. The van der Waals surface area contributed by atoms with Gasteiger partial charge in [0.2, 0.25) is 5.43 Å². The summed E-state index contributed by atoms with van der Waals surface area (Å²) >= 11 is 0. The standard InChI is InChI=1S/C44H46F2N4O12/c1-24(47-41(54)62-43(2,3)4)39(52)59-21-29-17-49(42(55)61-29)27-12-13-34(32(45)14-27)60-23-44(56)16-28-20-57-38-35-30(15-33(46)36(38)50(28)22-44)37(51)31(18-48(35)26-10-11-26)40(53)58-19-25-8-6-5-7-9-25/h5-9,12-15,18,24,26,28-29,56H,10-11,16-17,19-23H2,1-4H3,(H,47,54)/t24-,28+,29-,44+/m1/s1. The van der Waals surface area contributed by atoms with Crippen molar-refractivity contribution in [1.29, 1.82) is 0 Å². The van der Waals surface area contributed by atoms with Gasteiger partial charge in [-0.15, -0.1) is 0 Å². The van der Waals surface area contributed by atoms with Gasteiger partial charge in [0, 0.05) is 24.7 Å². The number of ether oxygens (including phenoxy) is 6. The molecule has 0 unspecified atom stereocenters. The first kappa shape index (κ1) is 42.3. The van der Waals surface area contributed by atoms with E-state index in [4.69, 9.17) is 28.4 Å². The van der Waals surface area contributed by atoms with Crippen LogP contribution < -0.4 is 30.0 Å². The Morgan fingerprint density at radius 1 is 1.02 bits per heavy atom. The third-order valence-corrected chi connectivity index (χ3v) is 10.9. The fraction of sp³-hybridized carbons (Fsp3) is 0.432. The molecule has 2 N–H and O–H groups in total. The number of nitrogens with one attached hydrogen (secondary N) is 1. The highest BCUT2D eigenvalue weighted by atomic mass is 19.1. The molecule has 1 aliphatic carbocycles. The van der Waals surface area contributed by atoms with E-state index in [1.807, 2.05) is 6.07 Å². The van der Waals surface area contributed by atoms with Gasteiger partial charge in [-0.25, -0.2) is 28.0 Å². The first-order valence-electron chi connectivity index (χ1n) is 20.3. The Balaban J connectivity index is 0.912. The van der Waals surface area contributed by atoms with Crippen LogP contribution in [0.4, 0.5) is 29.7 Å². The van der Waals surface area contributed by atoms with E-state index >= 15 is 8.78 Å². The Bertz CT molecular complexity index is 2490. The number of aliphatic hydroxyl groups is 1. The first-order valence-corrected chi connectivity index (χ1v) is 20.3. The number of fused-ring (bicyclic) bond motifs is 5. The maximum absolute atomic E-state index is 16.2. The van der Waals surface area contributed by atoms with Gasteiger partial charge < -0.3 is 48.3 Å². The Kier molecular flexibility index (Phi) is 11.2. The number of pyridine rings is 1.